The van der Waals surface area contributed by atoms with Gasteiger partial charge >= 0.3 is 0 Å². The van der Waals surface area contributed by atoms with Crippen molar-refractivity contribution in [2.75, 3.05) is 26.2 Å². The van der Waals surface area contributed by atoms with E-state index >= 15 is 0 Å². The minimum atomic E-state index is -0.164. The Bertz CT molecular complexity index is 486. The number of ether oxygens (including phenoxy) is 1. The van der Waals surface area contributed by atoms with Crippen LogP contribution >= 0.6 is 0 Å². The normalized spacial score (nSPS) is 14.0. The average Bonchev–Trinajstić information content (AvgIpc) is 3.34. The number of hydrogen-bond acceptors (Lipinski definition) is 4. The summed E-state index contributed by atoms with van der Waals surface area (Å²) < 4.78 is 5.38. The third-order valence-corrected chi connectivity index (χ3v) is 3.60. The summed E-state index contributed by atoms with van der Waals surface area (Å²) in [6, 6.07) is 7.59. The zero-order valence-corrected chi connectivity index (χ0v) is 12.4. The fourth-order valence-corrected chi connectivity index (χ4v) is 2.28. The van der Waals surface area contributed by atoms with Crippen molar-refractivity contribution in [1.29, 1.82) is 0 Å². The number of hydrogen-bond donors (Lipinski definition) is 1. The van der Waals surface area contributed by atoms with Gasteiger partial charge in [0.1, 0.15) is 5.75 Å². The Balaban J connectivity index is 1.68. The van der Waals surface area contributed by atoms with E-state index in [2.05, 4.69) is 17.1 Å². The molecule has 5 heteroatoms. The van der Waals surface area contributed by atoms with Gasteiger partial charge in [0.05, 0.1) is 5.56 Å². The van der Waals surface area contributed by atoms with Crippen molar-refractivity contribution in [2.24, 2.45) is 0 Å². The van der Waals surface area contributed by atoms with Crippen molar-refractivity contribution in [2.45, 2.75) is 25.8 Å². The molecule has 1 amide bonds. The largest absolute Gasteiger partial charge is 0.483 e. The number of carbonyl (C=O) groups is 2. The van der Waals surface area contributed by atoms with Crippen molar-refractivity contribution in [1.82, 2.24) is 10.2 Å². The lowest BCUT2D eigenvalue weighted by Crippen LogP contribution is -2.37. The first-order valence-electron chi connectivity index (χ1n) is 7.42. The highest BCUT2D eigenvalue weighted by atomic mass is 16.5. The smallest absolute Gasteiger partial charge is 0.257 e. The molecule has 1 N–H and O–H groups in total. The van der Waals surface area contributed by atoms with Gasteiger partial charge in [0.2, 0.25) is 0 Å². The van der Waals surface area contributed by atoms with Gasteiger partial charge in [0.15, 0.2) is 12.9 Å². The van der Waals surface area contributed by atoms with Crippen LogP contribution in [0.2, 0.25) is 0 Å². The molecular formula is C16H22N2O3. The Morgan fingerprint density at radius 2 is 2.19 bits per heavy atom. The minimum Gasteiger partial charge on any atom is -0.483 e. The van der Waals surface area contributed by atoms with Gasteiger partial charge in [0.25, 0.3) is 5.91 Å². The lowest BCUT2D eigenvalue weighted by atomic mass is 10.2. The number of rotatable bonds is 9. The topological polar surface area (TPSA) is 58.6 Å². The zero-order valence-electron chi connectivity index (χ0n) is 12.4. The summed E-state index contributed by atoms with van der Waals surface area (Å²) in [6.45, 7) is 4.59. The molecule has 0 aliphatic heterocycles. The Kier molecular flexibility index (Phi) is 5.75. The van der Waals surface area contributed by atoms with E-state index in [0.29, 0.717) is 23.9 Å². The van der Waals surface area contributed by atoms with E-state index in [4.69, 9.17) is 4.74 Å². The Labute approximate surface area is 125 Å². The van der Waals surface area contributed by atoms with Crippen LogP contribution in [-0.4, -0.2) is 49.4 Å². The SMILES string of the molecule is CCN(CCNC(=O)COc1ccccc1C=O)C1CC1. The Morgan fingerprint density at radius 1 is 1.43 bits per heavy atom. The van der Waals surface area contributed by atoms with Crippen LogP contribution in [0.4, 0.5) is 0 Å². The van der Waals surface area contributed by atoms with Gasteiger partial charge in [-0.25, -0.2) is 0 Å². The van der Waals surface area contributed by atoms with Crippen molar-refractivity contribution in [3.8, 4) is 5.75 Å². The maximum atomic E-state index is 11.7. The molecule has 1 aromatic carbocycles. The summed E-state index contributed by atoms with van der Waals surface area (Å²) in [5, 5.41) is 2.84. The van der Waals surface area contributed by atoms with Gasteiger partial charge < -0.3 is 10.1 Å². The van der Waals surface area contributed by atoms with Crippen LogP contribution in [0.15, 0.2) is 24.3 Å². The van der Waals surface area contributed by atoms with E-state index < -0.39 is 0 Å². The summed E-state index contributed by atoms with van der Waals surface area (Å²) in [6.07, 6.45) is 3.27. The summed E-state index contributed by atoms with van der Waals surface area (Å²) in [4.78, 5) is 24.9. The molecule has 0 spiro atoms. The second-order valence-corrected chi connectivity index (χ2v) is 5.15. The highest BCUT2D eigenvalue weighted by Gasteiger charge is 2.27. The predicted molar refractivity (Wildman–Crippen MR) is 80.6 cm³/mol. The Hall–Kier alpha value is -1.88. The molecule has 0 bridgehead atoms. The van der Waals surface area contributed by atoms with Crippen LogP contribution in [0.25, 0.3) is 0 Å². The van der Waals surface area contributed by atoms with Crippen molar-refractivity contribution in [3.05, 3.63) is 29.8 Å². The predicted octanol–water partition coefficient (Wildman–Crippen LogP) is 1.48. The molecule has 0 unspecified atom stereocenters. The molecule has 0 aromatic heterocycles. The quantitative estimate of drug-likeness (QED) is 0.700. The number of benzene rings is 1. The van der Waals surface area contributed by atoms with Crippen LogP contribution < -0.4 is 10.1 Å². The number of aldehydes is 1. The second-order valence-electron chi connectivity index (χ2n) is 5.15. The maximum absolute atomic E-state index is 11.7. The second kappa shape index (κ2) is 7.78. The molecule has 1 fully saturated rings. The van der Waals surface area contributed by atoms with Crippen LogP contribution in [0, 0.1) is 0 Å². The van der Waals surface area contributed by atoms with Crippen molar-refractivity contribution >= 4 is 12.2 Å². The fraction of sp³-hybridized carbons (Fsp3) is 0.500. The standard InChI is InChI=1S/C16H22N2O3/c1-2-18(14-7-8-14)10-9-17-16(20)12-21-15-6-4-3-5-13(15)11-19/h3-6,11,14H,2,7-10,12H2,1H3,(H,17,20). The molecule has 21 heavy (non-hydrogen) atoms. The summed E-state index contributed by atoms with van der Waals surface area (Å²) in [5.41, 5.74) is 0.455. The highest BCUT2D eigenvalue weighted by molar-refractivity contribution is 5.80. The van der Waals surface area contributed by atoms with E-state index in [1.54, 1.807) is 24.3 Å². The summed E-state index contributed by atoms with van der Waals surface area (Å²) in [5.74, 6) is 0.276. The third-order valence-electron chi connectivity index (χ3n) is 3.60. The van der Waals surface area contributed by atoms with Gasteiger partial charge in [-0.3, -0.25) is 14.5 Å². The number of carbonyl (C=O) groups excluding carboxylic acids is 2. The van der Waals surface area contributed by atoms with Crippen LogP contribution in [0.1, 0.15) is 30.1 Å². The molecule has 0 atom stereocenters. The van der Waals surface area contributed by atoms with Gasteiger partial charge in [-0.2, -0.15) is 0 Å². The van der Waals surface area contributed by atoms with Crippen LogP contribution in [0.3, 0.4) is 0 Å². The van der Waals surface area contributed by atoms with E-state index in [0.717, 1.165) is 19.4 Å². The molecule has 0 heterocycles. The van der Waals surface area contributed by atoms with E-state index in [1.165, 1.54) is 12.8 Å². The van der Waals surface area contributed by atoms with E-state index in [-0.39, 0.29) is 12.5 Å². The van der Waals surface area contributed by atoms with Crippen molar-refractivity contribution in [3.63, 3.8) is 0 Å². The minimum absolute atomic E-state index is 0.0690. The Morgan fingerprint density at radius 3 is 2.86 bits per heavy atom. The molecule has 0 radical (unpaired) electrons. The first-order chi connectivity index (χ1) is 10.2. The lowest BCUT2D eigenvalue weighted by molar-refractivity contribution is -0.123. The van der Waals surface area contributed by atoms with Crippen molar-refractivity contribution < 1.29 is 14.3 Å². The van der Waals surface area contributed by atoms with Crippen LogP contribution in [0.5, 0.6) is 5.75 Å². The number of nitrogens with zero attached hydrogens (tertiary/aromatic N) is 1. The zero-order chi connectivity index (χ0) is 15.1. The van der Waals surface area contributed by atoms with Gasteiger partial charge in [0, 0.05) is 19.1 Å². The molecule has 1 aliphatic rings. The molecule has 5 nitrogen and oxygen atoms in total. The van der Waals surface area contributed by atoms with E-state index in [9.17, 15) is 9.59 Å². The first kappa shape index (κ1) is 15.5. The molecule has 1 aliphatic carbocycles. The fourth-order valence-electron chi connectivity index (χ4n) is 2.28. The van der Waals surface area contributed by atoms with E-state index in [1.807, 2.05) is 0 Å². The number of nitrogens with one attached hydrogen (secondary N) is 1. The third kappa shape index (κ3) is 4.86. The maximum Gasteiger partial charge on any atom is 0.257 e. The number of amides is 1. The molecule has 2 rings (SSSR count). The molecular weight excluding hydrogens is 268 g/mol. The average molecular weight is 290 g/mol. The summed E-state index contributed by atoms with van der Waals surface area (Å²) in [7, 11) is 0. The van der Waals surface area contributed by atoms with Crippen LogP contribution in [-0.2, 0) is 4.79 Å². The first-order valence-corrected chi connectivity index (χ1v) is 7.42. The molecule has 1 aromatic rings. The monoisotopic (exact) mass is 290 g/mol. The lowest BCUT2D eigenvalue weighted by Gasteiger charge is -2.19. The molecule has 114 valence electrons. The number of para-hydroxylation sites is 1. The summed E-state index contributed by atoms with van der Waals surface area (Å²) >= 11 is 0. The highest BCUT2D eigenvalue weighted by Crippen LogP contribution is 2.25. The van der Waals surface area contributed by atoms with Gasteiger partial charge in [-0.15, -0.1) is 0 Å². The number of likely N-dealkylation sites (N-methyl/N-ethyl adjacent to an activating group) is 1. The molecule has 0 saturated heterocycles. The molecule has 1 saturated carbocycles. The van der Waals surface area contributed by atoms with Gasteiger partial charge in [-0.05, 0) is 31.5 Å². The van der Waals surface area contributed by atoms with Gasteiger partial charge in [-0.1, -0.05) is 19.1 Å².